The molecule has 132 valence electrons. The van der Waals surface area contributed by atoms with Crippen LogP contribution in [0.25, 0.3) is 0 Å². The van der Waals surface area contributed by atoms with Crippen molar-refractivity contribution >= 4 is 23.1 Å². The van der Waals surface area contributed by atoms with Crippen molar-refractivity contribution in [3.63, 3.8) is 0 Å². The Balaban J connectivity index is 1.72. The molecule has 0 radical (unpaired) electrons. The standard InChI is InChI=1S/C22H21ClN2O/c1-22(2,21(26)18-8-10-19(23)11-9-18)25-14-12-20(13-15-25)24-16-17-6-4-3-5-7-17/h3-15H,16H2,1-2H3/p+1. The van der Waals surface area contributed by atoms with E-state index in [0.717, 1.165) is 12.2 Å². The van der Waals surface area contributed by atoms with Crippen LogP contribution < -0.4 is 9.88 Å². The minimum atomic E-state index is -0.689. The Kier molecular flexibility index (Phi) is 5.38. The van der Waals surface area contributed by atoms with Crippen LogP contribution in [0.1, 0.15) is 29.8 Å². The van der Waals surface area contributed by atoms with E-state index in [9.17, 15) is 4.79 Å². The number of hydrogen-bond donors (Lipinski definition) is 1. The average molecular weight is 366 g/mol. The van der Waals surface area contributed by atoms with Gasteiger partial charge in [-0.15, -0.1) is 0 Å². The highest BCUT2D eigenvalue weighted by Gasteiger charge is 2.37. The Hall–Kier alpha value is -2.65. The number of nitrogens with zero attached hydrogens (tertiary/aromatic N) is 1. The van der Waals surface area contributed by atoms with Gasteiger partial charge in [0.15, 0.2) is 12.4 Å². The smallest absolute Gasteiger partial charge is 0.233 e. The molecule has 0 aliphatic heterocycles. The van der Waals surface area contributed by atoms with E-state index in [4.69, 9.17) is 11.6 Å². The van der Waals surface area contributed by atoms with Crippen LogP contribution in [0.2, 0.25) is 5.02 Å². The van der Waals surface area contributed by atoms with E-state index in [-0.39, 0.29) is 5.78 Å². The summed E-state index contributed by atoms with van der Waals surface area (Å²) in [6, 6.07) is 21.2. The molecule has 0 bridgehead atoms. The third-order valence-electron chi connectivity index (χ3n) is 4.48. The molecule has 0 atom stereocenters. The number of rotatable bonds is 6. The van der Waals surface area contributed by atoms with Crippen molar-refractivity contribution in [1.29, 1.82) is 0 Å². The first-order valence-corrected chi connectivity index (χ1v) is 8.94. The molecule has 0 aliphatic carbocycles. The van der Waals surface area contributed by atoms with Crippen LogP contribution in [0.3, 0.4) is 0 Å². The molecule has 3 rings (SSSR count). The summed E-state index contributed by atoms with van der Waals surface area (Å²) in [7, 11) is 0. The minimum Gasteiger partial charge on any atom is -0.381 e. The van der Waals surface area contributed by atoms with Gasteiger partial charge in [0.25, 0.3) is 0 Å². The zero-order chi connectivity index (χ0) is 18.6. The van der Waals surface area contributed by atoms with Crippen molar-refractivity contribution in [2.24, 2.45) is 0 Å². The number of ketones is 1. The van der Waals surface area contributed by atoms with E-state index in [1.165, 1.54) is 5.56 Å². The molecule has 26 heavy (non-hydrogen) atoms. The van der Waals surface area contributed by atoms with Crippen LogP contribution in [-0.4, -0.2) is 5.78 Å². The summed E-state index contributed by atoms with van der Waals surface area (Å²) in [5, 5.41) is 4.02. The van der Waals surface area contributed by atoms with Crippen LogP contribution in [0.5, 0.6) is 0 Å². The molecule has 3 nitrogen and oxygen atoms in total. The molecule has 3 aromatic rings. The van der Waals surface area contributed by atoms with Gasteiger partial charge in [0.05, 0.1) is 0 Å². The highest BCUT2D eigenvalue weighted by Crippen LogP contribution is 2.18. The molecular formula is C22H22ClN2O+. The highest BCUT2D eigenvalue weighted by molar-refractivity contribution is 6.30. The van der Waals surface area contributed by atoms with Crippen LogP contribution >= 0.6 is 11.6 Å². The minimum absolute atomic E-state index is 0.0455. The molecule has 0 spiro atoms. The Labute approximate surface area is 159 Å². The highest BCUT2D eigenvalue weighted by atomic mass is 35.5. The maximum absolute atomic E-state index is 12.9. The van der Waals surface area contributed by atoms with Gasteiger partial charge < -0.3 is 5.32 Å². The fraction of sp³-hybridized carbons (Fsp3) is 0.182. The molecule has 1 heterocycles. The molecule has 0 amide bonds. The first kappa shape index (κ1) is 18.2. The lowest BCUT2D eigenvalue weighted by Gasteiger charge is -2.18. The Morgan fingerprint density at radius 2 is 1.58 bits per heavy atom. The van der Waals surface area contributed by atoms with Gasteiger partial charge in [-0.05, 0) is 29.8 Å². The number of anilines is 1. The first-order chi connectivity index (χ1) is 12.5. The van der Waals surface area contributed by atoms with Crippen molar-refractivity contribution in [3.05, 3.63) is 95.3 Å². The summed E-state index contributed by atoms with van der Waals surface area (Å²) < 4.78 is 1.93. The van der Waals surface area contributed by atoms with E-state index in [0.29, 0.717) is 10.6 Å². The van der Waals surface area contributed by atoms with E-state index >= 15 is 0 Å². The molecule has 4 heteroatoms. The number of halogens is 1. The topological polar surface area (TPSA) is 33.0 Å². The maximum atomic E-state index is 12.9. The summed E-state index contributed by atoms with van der Waals surface area (Å²) in [5.74, 6) is 0.0455. The summed E-state index contributed by atoms with van der Waals surface area (Å²) in [4.78, 5) is 12.9. The molecule has 1 N–H and O–H groups in total. The fourth-order valence-corrected chi connectivity index (χ4v) is 2.91. The molecule has 2 aromatic carbocycles. The summed E-state index contributed by atoms with van der Waals surface area (Å²) in [6.45, 7) is 4.60. The maximum Gasteiger partial charge on any atom is 0.233 e. The number of pyridine rings is 1. The number of aromatic nitrogens is 1. The van der Waals surface area contributed by atoms with Gasteiger partial charge in [-0.1, -0.05) is 41.9 Å². The lowest BCUT2D eigenvalue weighted by Crippen LogP contribution is -2.56. The number of hydrogen-bond acceptors (Lipinski definition) is 2. The van der Waals surface area contributed by atoms with Crippen LogP contribution in [0.15, 0.2) is 79.1 Å². The van der Waals surface area contributed by atoms with Crippen LogP contribution in [0, 0.1) is 0 Å². The van der Waals surface area contributed by atoms with Crippen molar-refractivity contribution in [2.45, 2.75) is 25.9 Å². The van der Waals surface area contributed by atoms with Gasteiger partial charge >= 0.3 is 0 Å². The SMILES string of the molecule is CC(C)(C(=O)c1ccc(Cl)cc1)[n+]1ccc(NCc2ccccc2)cc1. The molecule has 0 saturated carbocycles. The molecule has 0 unspecified atom stereocenters. The Morgan fingerprint density at radius 1 is 0.962 bits per heavy atom. The Bertz CT molecular complexity index is 872. The molecule has 0 saturated heterocycles. The molecule has 1 aromatic heterocycles. The fourth-order valence-electron chi connectivity index (χ4n) is 2.79. The van der Waals surface area contributed by atoms with Gasteiger partial charge in [-0.3, -0.25) is 4.79 Å². The number of Topliss-reactive ketones (excluding diaryl/α,β-unsaturated/α-hetero) is 1. The lowest BCUT2D eigenvalue weighted by atomic mass is 9.92. The number of carbonyl (C=O) groups is 1. The second-order valence-corrected chi connectivity index (χ2v) is 7.16. The third-order valence-corrected chi connectivity index (χ3v) is 4.73. The summed E-state index contributed by atoms with van der Waals surface area (Å²) >= 11 is 5.92. The first-order valence-electron chi connectivity index (χ1n) is 8.57. The second kappa shape index (κ2) is 7.71. The number of benzene rings is 2. The van der Waals surface area contributed by atoms with E-state index in [1.54, 1.807) is 24.3 Å². The molecule has 0 fully saturated rings. The van der Waals surface area contributed by atoms with E-state index in [1.807, 2.05) is 61.1 Å². The zero-order valence-corrected chi connectivity index (χ0v) is 15.7. The predicted molar refractivity (Wildman–Crippen MR) is 106 cm³/mol. The lowest BCUT2D eigenvalue weighted by molar-refractivity contribution is -0.740. The van der Waals surface area contributed by atoms with Gasteiger partial charge in [-0.25, -0.2) is 0 Å². The van der Waals surface area contributed by atoms with Gasteiger partial charge in [0.1, 0.15) is 0 Å². The van der Waals surface area contributed by atoms with Crippen molar-refractivity contribution < 1.29 is 9.36 Å². The molecule has 0 aliphatic rings. The number of carbonyl (C=O) groups excluding carboxylic acids is 1. The summed E-state index contributed by atoms with van der Waals surface area (Å²) in [5.41, 5.74) is 2.20. The van der Waals surface area contributed by atoms with E-state index < -0.39 is 5.54 Å². The Morgan fingerprint density at radius 3 is 2.19 bits per heavy atom. The van der Waals surface area contributed by atoms with Crippen molar-refractivity contribution in [2.75, 3.05) is 5.32 Å². The third kappa shape index (κ3) is 4.12. The van der Waals surface area contributed by atoms with Crippen LogP contribution in [-0.2, 0) is 12.1 Å². The normalized spacial score (nSPS) is 11.2. The molecular weight excluding hydrogens is 344 g/mol. The van der Waals surface area contributed by atoms with Gasteiger partial charge in [-0.2, -0.15) is 4.57 Å². The number of nitrogens with one attached hydrogen (secondary N) is 1. The van der Waals surface area contributed by atoms with Gasteiger partial charge in [0.2, 0.25) is 11.3 Å². The monoisotopic (exact) mass is 365 g/mol. The zero-order valence-electron chi connectivity index (χ0n) is 14.9. The van der Waals surface area contributed by atoms with Crippen LogP contribution in [0.4, 0.5) is 5.69 Å². The van der Waals surface area contributed by atoms with Crippen molar-refractivity contribution in [1.82, 2.24) is 0 Å². The van der Waals surface area contributed by atoms with Crippen molar-refractivity contribution in [3.8, 4) is 0 Å². The average Bonchev–Trinajstić information content (AvgIpc) is 2.67. The quantitative estimate of drug-likeness (QED) is 0.500. The van der Waals surface area contributed by atoms with E-state index in [2.05, 4.69) is 17.4 Å². The largest absolute Gasteiger partial charge is 0.381 e. The second-order valence-electron chi connectivity index (χ2n) is 6.73. The predicted octanol–water partition coefficient (Wildman–Crippen LogP) is 4.86. The summed E-state index contributed by atoms with van der Waals surface area (Å²) in [6.07, 6.45) is 3.86. The van der Waals surface area contributed by atoms with Gasteiger partial charge in [0, 0.05) is 48.8 Å².